The Morgan fingerprint density at radius 1 is 1.03 bits per heavy atom. The van der Waals surface area contributed by atoms with Crippen LogP contribution in [0.25, 0.3) is 0 Å². The van der Waals surface area contributed by atoms with Crippen LogP contribution in [0.1, 0.15) is 30.0 Å². The minimum absolute atomic E-state index is 0.0376. The third-order valence-electron chi connectivity index (χ3n) is 6.72. The van der Waals surface area contributed by atoms with Crippen molar-refractivity contribution in [2.24, 2.45) is 0 Å². The monoisotopic (exact) mass is 493 g/mol. The molecule has 1 atom stereocenters. The Morgan fingerprint density at radius 3 is 2.29 bits per heavy atom. The second kappa shape index (κ2) is 11.2. The van der Waals surface area contributed by atoms with Crippen LogP contribution in [-0.4, -0.2) is 75.1 Å². The average Bonchev–Trinajstić information content (AvgIpc) is 3.55. The number of piperazine rings is 1. The van der Waals surface area contributed by atoms with E-state index in [1.165, 1.54) is 22.9 Å². The SMILES string of the molecule is O=C(CSc1n[nH]c(=O)n1CC1CCCO1)N1CCN(C(c2ccccc2)c2ccccc2)CC1. The highest BCUT2D eigenvalue weighted by Crippen LogP contribution is 2.29. The van der Waals surface area contributed by atoms with Crippen LogP contribution in [0.15, 0.2) is 70.6 Å². The van der Waals surface area contributed by atoms with Gasteiger partial charge in [0.05, 0.1) is 24.4 Å². The summed E-state index contributed by atoms with van der Waals surface area (Å²) in [4.78, 5) is 29.5. The summed E-state index contributed by atoms with van der Waals surface area (Å²) >= 11 is 1.31. The average molecular weight is 494 g/mol. The number of benzene rings is 2. The van der Waals surface area contributed by atoms with Gasteiger partial charge in [-0.1, -0.05) is 72.4 Å². The number of aromatic nitrogens is 3. The van der Waals surface area contributed by atoms with E-state index in [0.29, 0.717) is 24.8 Å². The molecule has 184 valence electrons. The minimum atomic E-state index is -0.253. The molecule has 3 aromatic rings. The molecule has 0 radical (unpaired) electrons. The van der Waals surface area contributed by atoms with Crippen molar-refractivity contribution in [1.29, 1.82) is 0 Å². The number of hydrogen-bond donors (Lipinski definition) is 1. The lowest BCUT2D eigenvalue weighted by Gasteiger charge is -2.39. The molecule has 8 nitrogen and oxygen atoms in total. The Bertz CT molecular complexity index is 1110. The van der Waals surface area contributed by atoms with Gasteiger partial charge < -0.3 is 9.64 Å². The Kier molecular flexibility index (Phi) is 7.66. The van der Waals surface area contributed by atoms with Gasteiger partial charge in [0.15, 0.2) is 5.16 Å². The van der Waals surface area contributed by atoms with E-state index < -0.39 is 0 Å². The summed E-state index contributed by atoms with van der Waals surface area (Å²) in [6, 6.07) is 21.3. The predicted octanol–water partition coefficient (Wildman–Crippen LogP) is 2.78. The third-order valence-corrected chi connectivity index (χ3v) is 7.68. The summed E-state index contributed by atoms with van der Waals surface area (Å²) < 4.78 is 7.25. The molecule has 2 aliphatic rings. The standard InChI is InChI=1S/C26H31N5O3S/c32-23(19-35-26-28-27-25(33)31(26)18-22-12-7-17-34-22)29-13-15-30(16-14-29)24(20-8-3-1-4-9-20)21-10-5-2-6-11-21/h1-6,8-11,22,24H,7,12-19H2,(H,27,33). The molecule has 9 heteroatoms. The summed E-state index contributed by atoms with van der Waals surface area (Å²) in [5, 5.41) is 7.19. The van der Waals surface area contributed by atoms with Gasteiger partial charge >= 0.3 is 5.69 Å². The van der Waals surface area contributed by atoms with Gasteiger partial charge in [0.25, 0.3) is 0 Å². The van der Waals surface area contributed by atoms with E-state index in [1.54, 1.807) is 4.57 Å². The van der Waals surface area contributed by atoms with Crippen molar-refractivity contribution in [2.45, 2.75) is 36.7 Å². The molecule has 2 saturated heterocycles. The summed E-state index contributed by atoms with van der Waals surface area (Å²) in [6.45, 7) is 4.18. The number of carbonyl (C=O) groups is 1. The van der Waals surface area contributed by atoms with Crippen LogP contribution in [0.2, 0.25) is 0 Å². The second-order valence-corrected chi connectivity index (χ2v) is 9.93. The van der Waals surface area contributed by atoms with E-state index in [9.17, 15) is 9.59 Å². The van der Waals surface area contributed by atoms with Crippen molar-refractivity contribution in [1.82, 2.24) is 24.6 Å². The van der Waals surface area contributed by atoms with Crippen molar-refractivity contribution in [3.8, 4) is 0 Å². The number of hydrogen-bond acceptors (Lipinski definition) is 6. The van der Waals surface area contributed by atoms with Crippen molar-refractivity contribution in [3.05, 3.63) is 82.3 Å². The number of nitrogens with one attached hydrogen (secondary N) is 1. The maximum absolute atomic E-state index is 13.0. The Hall–Kier alpha value is -2.88. The summed E-state index contributed by atoms with van der Waals surface area (Å²) in [5.41, 5.74) is 2.27. The fourth-order valence-corrected chi connectivity index (χ4v) is 5.76. The van der Waals surface area contributed by atoms with Crippen molar-refractivity contribution < 1.29 is 9.53 Å². The zero-order chi connectivity index (χ0) is 24.0. The summed E-state index contributed by atoms with van der Waals surface area (Å²) in [7, 11) is 0. The molecule has 2 fully saturated rings. The quantitative estimate of drug-likeness (QED) is 0.486. The van der Waals surface area contributed by atoms with Gasteiger partial charge in [0, 0.05) is 32.8 Å². The van der Waals surface area contributed by atoms with Crippen LogP contribution in [0.3, 0.4) is 0 Å². The third kappa shape index (κ3) is 5.69. The first-order valence-electron chi connectivity index (χ1n) is 12.2. The zero-order valence-corrected chi connectivity index (χ0v) is 20.5. The lowest BCUT2D eigenvalue weighted by atomic mass is 9.96. The molecule has 2 aliphatic heterocycles. The molecule has 35 heavy (non-hydrogen) atoms. The molecule has 0 saturated carbocycles. The summed E-state index contributed by atoms with van der Waals surface area (Å²) in [5.74, 6) is 0.334. The van der Waals surface area contributed by atoms with Crippen LogP contribution >= 0.6 is 11.8 Å². The van der Waals surface area contributed by atoms with Crippen LogP contribution < -0.4 is 5.69 Å². The van der Waals surface area contributed by atoms with Crippen LogP contribution in [0.4, 0.5) is 0 Å². The molecule has 1 N–H and O–H groups in total. The van der Waals surface area contributed by atoms with Gasteiger partial charge in [-0.2, -0.15) is 0 Å². The number of aromatic amines is 1. The maximum Gasteiger partial charge on any atom is 0.344 e. The van der Waals surface area contributed by atoms with Gasteiger partial charge in [-0.25, -0.2) is 9.89 Å². The Labute approximate surface area is 209 Å². The van der Waals surface area contributed by atoms with E-state index in [-0.39, 0.29) is 29.5 Å². The fraction of sp³-hybridized carbons (Fsp3) is 0.423. The highest BCUT2D eigenvalue weighted by molar-refractivity contribution is 7.99. The first kappa shape index (κ1) is 23.8. The number of rotatable bonds is 8. The van der Waals surface area contributed by atoms with E-state index in [2.05, 4.69) is 63.6 Å². The van der Waals surface area contributed by atoms with Crippen molar-refractivity contribution in [2.75, 3.05) is 38.5 Å². The summed E-state index contributed by atoms with van der Waals surface area (Å²) in [6.07, 6.45) is 1.99. The smallest absolute Gasteiger partial charge is 0.344 e. The minimum Gasteiger partial charge on any atom is -0.376 e. The molecule has 1 aromatic heterocycles. The number of nitrogens with zero attached hydrogens (tertiary/aromatic N) is 4. The molecular weight excluding hydrogens is 462 g/mol. The molecule has 1 unspecified atom stereocenters. The lowest BCUT2D eigenvalue weighted by Crippen LogP contribution is -2.50. The second-order valence-electron chi connectivity index (χ2n) is 8.99. The topological polar surface area (TPSA) is 83.5 Å². The molecule has 0 aliphatic carbocycles. The van der Waals surface area contributed by atoms with Crippen LogP contribution in [0.5, 0.6) is 0 Å². The Balaban J connectivity index is 1.19. The van der Waals surface area contributed by atoms with Crippen molar-refractivity contribution >= 4 is 17.7 Å². The number of carbonyl (C=O) groups excluding carboxylic acids is 1. The molecule has 2 aromatic carbocycles. The van der Waals surface area contributed by atoms with Gasteiger partial charge in [0.2, 0.25) is 5.91 Å². The van der Waals surface area contributed by atoms with Crippen LogP contribution in [-0.2, 0) is 16.1 Å². The number of thioether (sulfide) groups is 1. The van der Waals surface area contributed by atoms with Crippen molar-refractivity contribution in [3.63, 3.8) is 0 Å². The van der Waals surface area contributed by atoms with Gasteiger partial charge in [-0.15, -0.1) is 5.10 Å². The Morgan fingerprint density at radius 2 is 1.69 bits per heavy atom. The predicted molar refractivity (Wildman–Crippen MR) is 135 cm³/mol. The molecule has 0 bridgehead atoms. The number of H-pyrrole nitrogens is 1. The number of ether oxygens (including phenoxy) is 1. The highest BCUT2D eigenvalue weighted by atomic mass is 32.2. The number of amides is 1. The van der Waals surface area contributed by atoms with E-state index in [0.717, 1.165) is 32.5 Å². The normalized spacial score (nSPS) is 18.9. The maximum atomic E-state index is 13.0. The van der Waals surface area contributed by atoms with Gasteiger partial charge in [-0.3, -0.25) is 14.3 Å². The molecule has 5 rings (SSSR count). The van der Waals surface area contributed by atoms with Gasteiger partial charge in [0.1, 0.15) is 0 Å². The molecule has 1 amide bonds. The van der Waals surface area contributed by atoms with E-state index in [1.807, 2.05) is 17.0 Å². The zero-order valence-electron chi connectivity index (χ0n) is 19.7. The molecular formula is C26H31N5O3S. The lowest BCUT2D eigenvalue weighted by molar-refractivity contribution is -0.130. The first-order valence-corrected chi connectivity index (χ1v) is 13.2. The largest absolute Gasteiger partial charge is 0.376 e. The highest BCUT2D eigenvalue weighted by Gasteiger charge is 2.28. The van der Waals surface area contributed by atoms with Gasteiger partial charge in [-0.05, 0) is 24.0 Å². The first-order chi connectivity index (χ1) is 17.2. The van der Waals surface area contributed by atoms with Crippen LogP contribution in [0, 0.1) is 0 Å². The fourth-order valence-electron chi connectivity index (χ4n) is 4.90. The van der Waals surface area contributed by atoms with E-state index in [4.69, 9.17) is 4.74 Å². The molecule has 3 heterocycles. The molecule has 0 spiro atoms. The van der Waals surface area contributed by atoms with E-state index >= 15 is 0 Å².